The Bertz CT molecular complexity index is 1200. The first-order valence-electron chi connectivity index (χ1n) is 10.6. The Balaban J connectivity index is 1.36. The van der Waals surface area contributed by atoms with Crippen molar-refractivity contribution in [2.24, 2.45) is 7.05 Å². The summed E-state index contributed by atoms with van der Waals surface area (Å²) in [6.45, 7) is 2.45. The van der Waals surface area contributed by atoms with Gasteiger partial charge in [0.05, 0.1) is 6.10 Å². The number of rotatable bonds is 5. The first kappa shape index (κ1) is 21.6. The van der Waals surface area contributed by atoms with Gasteiger partial charge in [-0.3, -0.25) is 14.4 Å². The van der Waals surface area contributed by atoms with Gasteiger partial charge in [0, 0.05) is 49.6 Å². The van der Waals surface area contributed by atoms with E-state index in [0.29, 0.717) is 24.2 Å². The van der Waals surface area contributed by atoms with Gasteiger partial charge < -0.3 is 25.2 Å². The Kier molecular flexibility index (Phi) is 5.96. The van der Waals surface area contributed by atoms with Crippen molar-refractivity contribution in [3.8, 4) is 0 Å². The highest BCUT2D eigenvalue weighted by Crippen LogP contribution is 2.28. The molecule has 3 aromatic rings. The number of benzene rings is 2. The zero-order valence-corrected chi connectivity index (χ0v) is 18.1. The highest BCUT2D eigenvalue weighted by molar-refractivity contribution is 6.39. The quantitative estimate of drug-likeness (QED) is 0.537. The predicted octanol–water partition coefficient (Wildman–Crippen LogP) is 2.40. The van der Waals surface area contributed by atoms with Crippen LogP contribution in [0.4, 0.5) is 11.4 Å². The van der Waals surface area contributed by atoms with Crippen LogP contribution in [0.3, 0.4) is 0 Å². The number of anilines is 2. The van der Waals surface area contributed by atoms with Gasteiger partial charge in [0.15, 0.2) is 0 Å². The van der Waals surface area contributed by atoms with Crippen LogP contribution in [0.2, 0.25) is 0 Å². The molecule has 0 radical (unpaired) electrons. The van der Waals surface area contributed by atoms with E-state index in [9.17, 15) is 19.5 Å². The number of carbonyl (C=O) groups is 3. The molecular weight excluding hydrogens is 408 g/mol. The van der Waals surface area contributed by atoms with Gasteiger partial charge in [-0.1, -0.05) is 12.1 Å². The largest absolute Gasteiger partial charge is 0.387 e. The predicted molar refractivity (Wildman–Crippen MR) is 122 cm³/mol. The van der Waals surface area contributed by atoms with E-state index in [1.807, 2.05) is 42.9 Å². The number of nitrogens with one attached hydrogen (secondary N) is 2. The minimum Gasteiger partial charge on any atom is -0.387 e. The maximum Gasteiger partial charge on any atom is 0.313 e. The first-order chi connectivity index (χ1) is 15.3. The lowest BCUT2D eigenvalue weighted by Crippen LogP contribution is -2.37. The molecule has 3 N–H and O–H groups in total. The molecule has 0 aliphatic carbocycles. The fourth-order valence-electron chi connectivity index (χ4n) is 3.96. The molecule has 1 aliphatic heterocycles. The summed E-state index contributed by atoms with van der Waals surface area (Å²) in [4.78, 5) is 38.3. The van der Waals surface area contributed by atoms with Crippen LogP contribution in [-0.4, -0.2) is 40.5 Å². The van der Waals surface area contributed by atoms with Crippen LogP contribution in [0.5, 0.6) is 0 Å². The second-order valence-electron chi connectivity index (χ2n) is 8.08. The fraction of sp³-hybridized carbons (Fsp3) is 0.292. The monoisotopic (exact) mass is 434 g/mol. The summed E-state index contributed by atoms with van der Waals surface area (Å²) in [7, 11) is 1.94. The molecule has 1 fully saturated rings. The molecule has 1 saturated heterocycles. The van der Waals surface area contributed by atoms with Crippen molar-refractivity contribution < 1.29 is 19.5 Å². The minimum atomic E-state index is -0.941. The van der Waals surface area contributed by atoms with Crippen molar-refractivity contribution >= 4 is 40.0 Å². The van der Waals surface area contributed by atoms with Gasteiger partial charge in [0.2, 0.25) is 5.91 Å². The Morgan fingerprint density at radius 2 is 1.94 bits per heavy atom. The van der Waals surface area contributed by atoms with E-state index in [1.54, 1.807) is 29.2 Å². The Hall–Kier alpha value is -3.65. The van der Waals surface area contributed by atoms with Crippen molar-refractivity contribution in [3.63, 3.8) is 0 Å². The molecule has 1 aromatic heterocycles. The van der Waals surface area contributed by atoms with E-state index in [0.717, 1.165) is 28.6 Å². The number of aliphatic hydroxyl groups is 1. The van der Waals surface area contributed by atoms with E-state index in [2.05, 4.69) is 10.6 Å². The zero-order valence-electron chi connectivity index (χ0n) is 18.1. The van der Waals surface area contributed by atoms with Gasteiger partial charge in [-0.2, -0.15) is 0 Å². The Morgan fingerprint density at radius 1 is 1.12 bits per heavy atom. The molecule has 3 amide bonds. The zero-order chi connectivity index (χ0) is 22.8. The molecule has 8 nitrogen and oxygen atoms in total. The lowest BCUT2D eigenvalue weighted by Gasteiger charge is -2.19. The van der Waals surface area contributed by atoms with Crippen LogP contribution in [0.25, 0.3) is 10.9 Å². The lowest BCUT2D eigenvalue weighted by molar-refractivity contribution is -0.136. The van der Waals surface area contributed by atoms with Crippen molar-refractivity contribution in [2.45, 2.75) is 25.9 Å². The van der Waals surface area contributed by atoms with Gasteiger partial charge in [-0.05, 0) is 60.2 Å². The Labute approximate surface area is 185 Å². The van der Waals surface area contributed by atoms with Crippen LogP contribution in [-0.2, 0) is 21.4 Å². The van der Waals surface area contributed by atoms with Gasteiger partial charge in [0.1, 0.15) is 0 Å². The molecule has 32 heavy (non-hydrogen) atoms. The highest BCUT2D eigenvalue weighted by atomic mass is 16.3. The normalized spacial score (nSPS) is 14.6. The summed E-state index contributed by atoms with van der Waals surface area (Å²) in [5.74, 6) is -1.63. The van der Waals surface area contributed by atoms with E-state index in [-0.39, 0.29) is 12.5 Å². The molecule has 1 unspecified atom stereocenters. The number of aryl methyl sites for hydroxylation is 2. The van der Waals surface area contributed by atoms with Gasteiger partial charge in [-0.25, -0.2) is 0 Å². The van der Waals surface area contributed by atoms with E-state index >= 15 is 0 Å². The van der Waals surface area contributed by atoms with Crippen molar-refractivity contribution in [1.82, 2.24) is 9.88 Å². The van der Waals surface area contributed by atoms with E-state index in [1.165, 1.54) is 0 Å². The van der Waals surface area contributed by atoms with Crippen LogP contribution in [0.1, 0.15) is 30.1 Å². The molecule has 0 spiro atoms. The minimum absolute atomic E-state index is 0.0528. The number of hydrogen-bond donors (Lipinski definition) is 3. The highest BCUT2D eigenvalue weighted by Gasteiger charge is 2.24. The molecule has 1 atom stereocenters. The molecule has 8 heteroatoms. The summed E-state index contributed by atoms with van der Waals surface area (Å²) >= 11 is 0. The third kappa shape index (κ3) is 4.36. The molecule has 166 valence electrons. The summed E-state index contributed by atoms with van der Waals surface area (Å²) in [6, 6.07) is 12.7. The van der Waals surface area contributed by atoms with Crippen LogP contribution in [0.15, 0.2) is 48.7 Å². The summed E-state index contributed by atoms with van der Waals surface area (Å²) in [5, 5.41) is 16.5. The number of amides is 3. The number of aromatic nitrogens is 1. The third-order valence-electron chi connectivity index (χ3n) is 5.79. The van der Waals surface area contributed by atoms with E-state index in [4.69, 9.17) is 0 Å². The number of carbonyl (C=O) groups excluding carboxylic acids is 3. The van der Waals surface area contributed by atoms with Crippen molar-refractivity contribution in [2.75, 3.05) is 23.3 Å². The SMILES string of the molecule is Cc1ccc(NC(=O)C(=O)NCC(O)c2ccc3c(ccn3C)c2)cc1N1CCCC1=O. The molecule has 0 bridgehead atoms. The molecule has 2 heterocycles. The number of fused-ring (bicyclic) bond motifs is 1. The summed E-state index contributed by atoms with van der Waals surface area (Å²) in [6.07, 6.45) is 2.31. The maximum absolute atomic E-state index is 12.3. The maximum atomic E-state index is 12.3. The third-order valence-corrected chi connectivity index (χ3v) is 5.79. The number of nitrogens with zero attached hydrogens (tertiary/aromatic N) is 2. The lowest BCUT2D eigenvalue weighted by atomic mass is 10.1. The average molecular weight is 434 g/mol. The van der Waals surface area contributed by atoms with E-state index < -0.39 is 17.9 Å². The molecule has 4 rings (SSSR count). The second-order valence-corrected chi connectivity index (χ2v) is 8.08. The van der Waals surface area contributed by atoms with Crippen LogP contribution in [0, 0.1) is 6.92 Å². The average Bonchev–Trinajstić information content (AvgIpc) is 3.38. The second kappa shape index (κ2) is 8.84. The smallest absolute Gasteiger partial charge is 0.313 e. The molecule has 1 aliphatic rings. The van der Waals surface area contributed by atoms with Crippen molar-refractivity contribution in [1.29, 1.82) is 0 Å². The molecule has 0 saturated carbocycles. The topological polar surface area (TPSA) is 104 Å². The van der Waals surface area contributed by atoms with Gasteiger partial charge in [-0.15, -0.1) is 0 Å². The standard InChI is InChI=1S/C24H26N4O4/c1-15-5-7-18(13-20(15)28-10-3-4-22(28)30)26-24(32)23(31)25-14-21(29)17-6-8-19-16(12-17)9-11-27(19)2/h5-9,11-13,21,29H,3-4,10,14H2,1-2H3,(H,25,31)(H,26,32). The fourth-order valence-corrected chi connectivity index (χ4v) is 3.96. The first-order valence-corrected chi connectivity index (χ1v) is 10.6. The van der Waals surface area contributed by atoms with Gasteiger partial charge >= 0.3 is 11.8 Å². The number of hydrogen-bond acceptors (Lipinski definition) is 4. The van der Waals surface area contributed by atoms with Crippen LogP contribution >= 0.6 is 0 Å². The Morgan fingerprint density at radius 3 is 2.69 bits per heavy atom. The molecular formula is C24H26N4O4. The number of aliphatic hydroxyl groups excluding tert-OH is 1. The molecule has 2 aromatic carbocycles. The van der Waals surface area contributed by atoms with Crippen molar-refractivity contribution in [3.05, 3.63) is 59.8 Å². The summed E-state index contributed by atoms with van der Waals surface area (Å²) < 4.78 is 1.98. The summed E-state index contributed by atoms with van der Waals surface area (Å²) in [5.41, 5.74) is 3.78. The van der Waals surface area contributed by atoms with Gasteiger partial charge in [0.25, 0.3) is 0 Å². The van der Waals surface area contributed by atoms with Crippen LogP contribution < -0.4 is 15.5 Å².